The van der Waals surface area contributed by atoms with Crippen molar-refractivity contribution < 1.29 is 23.8 Å². The fourth-order valence-electron chi connectivity index (χ4n) is 5.64. The van der Waals surface area contributed by atoms with Gasteiger partial charge in [0.05, 0.1) is 24.2 Å². The molecule has 1 saturated carbocycles. The van der Waals surface area contributed by atoms with Gasteiger partial charge in [-0.3, -0.25) is 4.90 Å². The van der Waals surface area contributed by atoms with Gasteiger partial charge in [-0.1, -0.05) is 12.1 Å². The smallest absolute Gasteiger partial charge is 0.354 e. The average molecular weight is 595 g/mol. The van der Waals surface area contributed by atoms with Gasteiger partial charge in [0.15, 0.2) is 11.3 Å². The molecule has 1 aliphatic heterocycles. The Balaban J connectivity index is 1.08. The number of aromatic carboxylic acids is 1. The molecule has 2 aliphatic rings. The van der Waals surface area contributed by atoms with Gasteiger partial charge in [-0.05, 0) is 62.1 Å². The predicted molar refractivity (Wildman–Crippen MR) is 157 cm³/mol. The maximum Gasteiger partial charge on any atom is 0.354 e. The predicted octanol–water partition coefficient (Wildman–Crippen LogP) is 5.46. The summed E-state index contributed by atoms with van der Waals surface area (Å²) in [5.74, 6) is 0.498. The summed E-state index contributed by atoms with van der Waals surface area (Å²) in [6.45, 7) is 2.80. The van der Waals surface area contributed by atoms with Gasteiger partial charge in [-0.15, -0.1) is 0 Å². The normalized spacial score (nSPS) is 16.2. The molecule has 1 saturated heterocycles. The number of rotatable bonds is 11. The summed E-state index contributed by atoms with van der Waals surface area (Å²) >= 11 is 0. The minimum Gasteiger partial charge on any atom is -0.490 e. The van der Waals surface area contributed by atoms with Crippen LogP contribution in [-0.4, -0.2) is 49.7 Å². The molecular weight excluding hydrogens is 563 g/mol. The molecule has 0 spiro atoms. The third kappa shape index (κ3) is 6.48. The van der Waals surface area contributed by atoms with E-state index in [9.17, 15) is 19.6 Å². The van der Waals surface area contributed by atoms with Gasteiger partial charge < -0.3 is 19.1 Å². The van der Waals surface area contributed by atoms with Crippen molar-refractivity contribution in [2.75, 3.05) is 13.1 Å². The van der Waals surface area contributed by atoms with E-state index in [1.165, 1.54) is 12.1 Å². The van der Waals surface area contributed by atoms with Crippen molar-refractivity contribution in [3.63, 3.8) is 0 Å². The number of halogens is 1. The van der Waals surface area contributed by atoms with Gasteiger partial charge in [0.2, 0.25) is 0 Å². The Labute approximate surface area is 253 Å². The molecule has 4 aromatic rings. The number of carboxylic acids is 1. The molecule has 11 heteroatoms. The molecule has 224 valence electrons. The van der Waals surface area contributed by atoms with Crippen molar-refractivity contribution in [1.29, 1.82) is 10.5 Å². The Morgan fingerprint density at radius 2 is 1.86 bits per heavy atom. The summed E-state index contributed by atoms with van der Waals surface area (Å²) in [7, 11) is 0. The Hall–Kier alpha value is -5.00. The summed E-state index contributed by atoms with van der Waals surface area (Å²) < 4.78 is 28.3. The van der Waals surface area contributed by atoms with E-state index in [1.807, 2.05) is 22.8 Å². The number of carbonyl (C=O) groups is 1. The average Bonchev–Trinajstić information content (AvgIpc) is 3.71. The van der Waals surface area contributed by atoms with Crippen LogP contribution in [0.1, 0.15) is 59.5 Å². The van der Waals surface area contributed by atoms with E-state index < -0.39 is 11.8 Å². The second-order valence-corrected chi connectivity index (χ2v) is 11.6. The molecule has 2 fully saturated rings. The van der Waals surface area contributed by atoms with Crippen LogP contribution in [0.2, 0.25) is 0 Å². The van der Waals surface area contributed by atoms with Gasteiger partial charge in [-0.2, -0.15) is 10.5 Å². The summed E-state index contributed by atoms with van der Waals surface area (Å²) in [5.41, 5.74) is 1.70. The second kappa shape index (κ2) is 12.3. The molecule has 0 bridgehead atoms. The Morgan fingerprint density at radius 3 is 2.57 bits per heavy atom. The molecule has 3 heterocycles. The Bertz CT molecular complexity index is 1780. The lowest BCUT2D eigenvalue weighted by molar-refractivity contribution is 0.0691. The van der Waals surface area contributed by atoms with Crippen LogP contribution < -0.4 is 9.47 Å². The van der Waals surface area contributed by atoms with Gasteiger partial charge in [0.1, 0.15) is 41.4 Å². The zero-order valence-electron chi connectivity index (χ0n) is 24.1. The van der Waals surface area contributed by atoms with Crippen molar-refractivity contribution in [3.05, 3.63) is 83.1 Å². The number of ether oxygens (including phenoxy) is 2. The zero-order chi connectivity index (χ0) is 30.7. The highest BCUT2D eigenvalue weighted by Gasteiger charge is 2.43. The van der Waals surface area contributed by atoms with Crippen molar-refractivity contribution in [3.8, 4) is 23.6 Å². The first kappa shape index (κ1) is 29.1. The summed E-state index contributed by atoms with van der Waals surface area (Å²) in [6, 6.07) is 19.0. The number of benzene rings is 2. The molecule has 0 atom stereocenters. The number of nitriles is 2. The third-order valence-electron chi connectivity index (χ3n) is 8.38. The third-order valence-corrected chi connectivity index (χ3v) is 8.38. The van der Waals surface area contributed by atoms with E-state index in [4.69, 9.17) is 19.7 Å². The molecule has 2 aromatic heterocycles. The molecule has 6 rings (SSSR count). The van der Waals surface area contributed by atoms with Gasteiger partial charge in [0, 0.05) is 43.1 Å². The van der Waals surface area contributed by atoms with Crippen LogP contribution in [0.5, 0.6) is 11.5 Å². The van der Waals surface area contributed by atoms with E-state index in [2.05, 4.69) is 16.0 Å². The van der Waals surface area contributed by atoms with Crippen molar-refractivity contribution in [2.24, 2.45) is 5.41 Å². The van der Waals surface area contributed by atoms with E-state index in [1.54, 1.807) is 30.3 Å². The minimum atomic E-state index is -1.08. The largest absolute Gasteiger partial charge is 0.490 e. The number of fused-ring (bicyclic) bond motifs is 1. The SMILES string of the molecule is N#CCC1(Cn2c(CN3CCC(Oc4cccc(OCc5ccc(C#N)cc5F)c4)CC3)nc3ccc(C(=O)O)nc32)CC1. The number of hydrogen-bond acceptors (Lipinski definition) is 8. The molecule has 10 nitrogen and oxygen atoms in total. The van der Waals surface area contributed by atoms with Crippen molar-refractivity contribution in [2.45, 2.75) is 57.9 Å². The lowest BCUT2D eigenvalue weighted by Crippen LogP contribution is -2.38. The molecule has 0 amide bonds. The first-order valence-electron chi connectivity index (χ1n) is 14.6. The van der Waals surface area contributed by atoms with Gasteiger partial charge >= 0.3 is 5.97 Å². The maximum absolute atomic E-state index is 14.2. The van der Waals surface area contributed by atoms with E-state index >= 15 is 0 Å². The first-order chi connectivity index (χ1) is 21.3. The monoisotopic (exact) mass is 594 g/mol. The maximum atomic E-state index is 14.2. The highest BCUT2D eigenvalue weighted by molar-refractivity contribution is 5.88. The number of carboxylic acid groups (broad SMARTS) is 1. The fraction of sp³-hybridized carbons (Fsp3) is 0.364. The van der Waals surface area contributed by atoms with E-state index in [-0.39, 0.29) is 29.4 Å². The Kier molecular flexibility index (Phi) is 8.14. The van der Waals surface area contributed by atoms with Crippen LogP contribution in [-0.2, 0) is 19.7 Å². The first-order valence-corrected chi connectivity index (χ1v) is 14.6. The lowest BCUT2D eigenvalue weighted by Gasteiger charge is -2.32. The fourth-order valence-corrected chi connectivity index (χ4v) is 5.64. The molecule has 44 heavy (non-hydrogen) atoms. The summed E-state index contributed by atoms with van der Waals surface area (Å²) in [4.78, 5) is 23.1. The minimum absolute atomic E-state index is 0.0152. The topological polar surface area (TPSA) is 137 Å². The lowest BCUT2D eigenvalue weighted by atomic mass is 10.0. The number of aromatic nitrogens is 3. The second-order valence-electron chi connectivity index (χ2n) is 11.6. The number of piperidine rings is 1. The number of likely N-dealkylation sites (tertiary alicyclic amines) is 1. The van der Waals surface area contributed by atoms with Crippen LogP contribution in [0, 0.1) is 33.9 Å². The Morgan fingerprint density at radius 1 is 1.07 bits per heavy atom. The summed E-state index contributed by atoms with van der Waals surface area (Å²) in [6.07, 6.45) is 4.00. The quantitative estimate of drug-likeness (QED) is 0.240. The highest BCUT2D eigenvalue weighted by atomic mass is 19.1. The van der Waals surface area contributed by atoms with Gasteiger partial charge in [0.25, 0.3) is 0 Å². The van der Waals surface area contributed by atoms with Crippen LogP contribution >= 0.6 is 0 Å². The van der Waals surface area contributed by atoms with Crippen LogP contribution in [0.3, 0.4) is 0 Å². The van der Waals surface area contributed by atoms with Crippen LogP contribution in [0.25, 0.3) is 11.2 Å². The van der Waals surface area contributed by atoms with Gasteiger partial charge in [-0.25, -0.2) is 19.2 Å². The standard InChI is InChI=1S/C33H31FN6O4/c34-27-16-22(18-36)4-5-23(27)20-43-25-2-1-3-26(17-25)44-24-8-14-39(15-9-24)19-30-37-28-6-7-29(32(41)42)38-31(28)40(30)21-33(10-11-33)12-13-35/h1-7,16-17,24H,8-12,14-15,19-21H2,(H,41,42). The number of nitrogens with zero attached hydrogens (tertiary/aromatic N) is 6. The highest BCUT2D eigenvalue weighted by Crippen LogP contribution is 2.50. The number of imidazole rings is 1. The molecular formula is C33H31FN6O4. The van der Waals surface area contributed by atoms with Crippen LogP contribution in [0.15, 0.2) is 54.6 Å². The zero-order valence-corrected chi connectivity index (χ0v) is 24.1. The van der Waals surface area contributed by atoms with Crippen molar-refractivity contribution in [1.82, 2.24) is 19.4 Å². The van der Waals surface area contributed by atoms with E-state index in [0.717, 1.165) is 44.6 Å². The van der Waals surface area contributed by atoms with Crippen LogP contribution in [0.4, 0.5) is 4.39 Å². The molecule has 2 aromatic carbocycles. The molecule has 1 aliphatic carbocycles. The number of pyridine rings is 1. The van der Waals surface area contributed by atoms with E-state index in [0.29, 0.717) is 47.7 Å². The molecule has 0 unspecified atom stereocenters. The van der Waals surface area contributed by atoms with Crippen molar-refractivity contribution >= 4 is 17.1 Å². The molecule has 0 radical (unpaired) electrons. The number of hydrogen-bond donors (Lipinski definition) is 1. The summed E-state index contributed by atoms with van der Waals surface area (Å²) in [5, 5.41) is 27.8. The molecule has 1 N–H and O–H groups in total.